The van der Waals surface area contributed by atoms with Gasteiger partial charge in [-0.3, -0.25) is 9.78 Å². The fourth-order valence-corrected chi connectivity index (χ4v) is 3.57. The Balaban J connectivity index is 0.000000442. The third-order valence-corrected chi connectivity index (χ3v) is 5.25. The summed E-state index contributed by atoms with van der Waals surface area (Å²) in [7, 11) is -2.16. The van der Waals surface area contributed by atoms with Crippen molar-refractivity contribution in [1.29, 1.82) is 0 Å². The molecule has 1 aromatic carbocycles. The molecule has 4 N–H and O–H groups in total. The van der Waals surface area contributed by atoms with Crippen LogP contribution in [0.2, 0.25) is 0 Å². The molecule has 0 spiro atoms. The van der Waals surface area contributed by atoms with Crippen LogP contribution in [0.1, 0.15) is 59.3 Å². The number of phenolic OH excluding ortho intramolecular Hbond substituents is 1. The van der Waals surface area contributed by atoms with Crippen LogP contribution in [0.3, 0.4) is 0 Å². The Morgan fingerprint density at radius 1 is 1.14 bits per heavy atom. The second-order valence-corrected chi connectivity index (χ2v) is 9.83. The zero-order valence-electron chi connectivity index (χ0n) is 21.4. The lowest BCUT2D eigenvalue weighted by atomic mass is 10.1. The Morgan fingerprint density at radius 2 is 1.75 bits per heavy atom. The normalized spacial score (nSPS) is 18.3. The average molecular weight is 526 g/mol. The number of pyridine rings is 1. The summed E-state index contributed by atoms with van der Waals surface area (Å²) in [5, 5.41) is 27.4. The second-order valence-electron chi connectivity index (χ2n) is 8.80. The second kappa shape index (κ2) is 16.3. The minimum Gasteiger partial charge on any atom is -0.508 e. The number of carbonyl (C=O) groups excluding carboxylic acids is 1. The number of aromatic nitrogens is 1. The molecule has 200 valence electrons. The fraction of sp³-hybridized carbons (Fsp3) is 0.520. The number of aliphatic hydroxyl groups is 2. The van der Waals surface area contributed by atoms with Gasteiger partial charge in [0.2, 0.25) is 0 Å². The molecule has 2 unspecified atom stereocenters. The highest BCUT2D eigenvalue weighted by Gasteiger charge is 2.32. The van der Waals surface area contributed by atoms with E-state index in [-0.39, 0.29) is 24.9 Å². The van der Waals surface area contributed by atoms with Gasteiger partial charge in [0.25, 0.3) is 0 Å². The lowest BCUT2D eigenvalue weighted by Crippen LogP contribution is -2.33. The van der Waals surface area contributed by atoms with Crippen LogP contribution in [0.5, 0.6) is 5.75 Å². The number of phenols is 1. The van der Waals surface area contributed by atoms with Gasteiger partial charge in [0.1, 0.15) is 18.4 Å². The molecule has 1 aromatic heterocycles. The monoisotopic (exact) mass is 525 g/mol. The summed E-state index contributed by atoms with van der Waals surface area (Å²) in [6, 6.07) is 13.7. The highest BCUT2D eigenvalue weighted by Crippen LogP contribution is 2.32. The van der Waals surface area contributed by atoms with Gasteiger partial charge in [-0.05, 0) is 76.3 Å². The van der Waals surface area contributed by atoms with Crippen molar-refractivity contribution in [3.05, 3.63) is 60.4 Å². The van der Waals surface area contributed by atoms with Gasteiger partial charge in [-0.15, -0.1) is 4.52 Å². The SMILES string of the molecule is CC(C)(O)O.CC(C)OC(=O)[C@@H](C)N[P+](=O)OCC1CC[C@H](c2ccccn2)O1.Oc1ccccc1. The van der Waals surface area contributed by atoms with Crippen molar-refractivity contribution in [2.45, 2.75) is 77.6 Å². The zero-order valence-corrected chi connectivity index (χ0v) is 22.3. The number of carbonyl (C=O) groups is 1. The Hall–Kier alpha value is -2.46. The molecular weight excluding hydrogens is 487 g/mol. The molecule has 3 rings (SSSR count). The van der Waals surface area contributed by atoms with Crippen LogP contribution in [0, 0.1) is 0 Å². The van der Waals surface area contributed by atoms with Gasteiger partial charge in [0.15, 0.2) is 5.79 Å². The quantitative estimate of drug-likeness (QED) is 0.226. The van der Waals surface area contributed by atoms with Crippen molar-refractivity contribution in [2.24, 2.45) is 0 Å². The highest BCUT2D eigenvalue weighted by molar-refractivity contribution is 7.36. The zero-order chi connectivity index (χ0) is 27.1. The van der Waals surface area contributed by atoms with Gasteiger partial charge in [0.05, 0.1) is 24.0 Å². The summed E-state index contributed by atoms with van der Waals surface area (Å²) in [5.41, 5.74) is 0.896. The molecule has 0 saturated carbocycles. The first-order valence-corrected chi connectivity index (χ1v) is 12.8. The van der Waals surface area contributed by atoms with E-state index in [0.717, 1.165) is 18.5 Å². The lowest BCUT2D eigenvalue weighted by Gasteiger charge is -2.12. The fourth-order valence-electron chi connectivity index (χ4n) is 2.77. The van der Waals surface area contributed by atoms with Crippen LogP contribution in [-0.4, -0.2) is 56.9 Å². The van der Waals surface area contributed by atoms with Gasteiger partial charge < -0.3 is 24.8 Å². The number of rotatable bonds is 8. The molecule has 11 heteroatoms. The van der Waals surface area contributed by atoms with Crippen LogP contribution in [0.15, 0.2) is 54.7 Å². The van der Waals surface area contributed by atoms with Crippen LogP contribution in [-0.2, 0) is 23.4 Å². The van der Waals surface area contributed by atoms with E-state index >= 15 is 0 Å². The maximum absolute atomic E-state index is 11.9. The van der Waals surface area contributed by atoms with E-state index in [1.165, 1.54) is 13.8 Å². The number of aromatic hydroxyl groups is 1. The van der Waals surface area contributed by atoms with Crippen molar-refractivity contribution in [1.82, 2.24) is 10.1 Å². The van der Waals surface area contributed by atoms with Gasteiger partial charge in [-0.25, -0.2) is 0 Å². The van der Waals surface area contributed by atoms with Crippen molar-refractivity contribution >= 4 is 14.1 Å². The molecule has 1 saturated heterocycles. The summed E-state index contributed by atoms with van der Waals surface area (Å²) < 4.78 is 28.1. The third-order valence-electron chi connectivity index (χ3n) is 4.26. The molecule has 36 heavy (non-hydrogen) atoms. The highest BCUT2D eigenvalue weighted by atomic mass is 31.1. The molecule has 0 amide bonds. The predicted octanol–water partition coefficient (Wildman–Crippen LogP) is 4.00. The van der Waals surface area contributed by atoms with E-state index in [1.807, 2.05) is 24.3 Å². The van der Waals surface area contributed by atoms with Crippen LogP contribution >= 0.6 is 8.18 Å². The number of benzene rings is 1. The minimum atomic E-state index is -2.16. The van der Waals surface area contributed by atoms with Crippen LogP contribution < -0.4 is 5.09 Å². The number of esters is 1. The largest absolute Gasteiger partial charge is 0.613 e. The number of ether oxygens (including phenoxy) is 2. The van der Waals surface area contributed by atoms with Crippen molar-refractivity contribution in [3.63, 3.8) is 0 Å². The van der Waals surface area contributed by atoms with Crippen LogP contribution in [0.4, 0.5) is 0 Å². The van der Waals surface area contributed by atoms with Gasteiger partial charge in [0, 0.05) is 6.20 Å². The first kappa shape index (κ1) is 31.6. The third kappa shape index (κ3) is 15.5. The molecule has 1 aliphatic heterocycles. The number of para-hydroxylation sites is 1. The number of nitrogens with one attached hydrogen (secondary N) is 1. The van der Waals surface area contributed by atoms with E-state index in [0.29, 0.717) is 5.75 Å². The summed E-state index contributed by atoms with van der Waals surface area (Å²) >= 11 is 0. The molecule has 2 heterocycles. The Labute approximate surface area is 213 Å². The Morgan fingerprint density at radius 3 is 2.25 bits per heavy atom. The molecule has 2 aromatic rings. The van der Waals surface area contributed by atoms with Crippen molar-refractivity contribution in [3.8, 4) is 5.75 Å². The first-order valence-electron chi connectivity index (χ1n) is 11.7. The summed E-state index contributed by atoms with van der Waals surface area (Å²) in [6.45, 7) is 7.91. The van der Waals surface area contributed by atoms with Gasteiger partial charge in [-0.1, -0.05) is 29.4 Å². The summed E-state index contributed by atoms with van der Waals surface area (Å²) in [5.74, 6) is -1.63. The molecule has 1 fully saturated rings. The molecule has 0 bridgehead atoms. The van der Waals surface area contributed by atoms with E-state index in [9.17, 15) is 9.36 Å². The maximum Gasteiger partial charge on any atom is 0.613 e. The van der Waals surface area contributed by atoms with Crippen LogP contribution in [0.25, 0.3) is 0 Å². The molecule has 0 aliphatic carbocycles. The summed E-state index contributed by atoms with van der Waals surface area (Å²) in [4.78, 5) is 15.9. The number of nitrogens with zero attached hydrogens (tertiary/aromatic N) is 1. The first-order chi connectivity index (χ1) is 16.8. The summed E-state index contributed by atoms with van der Waals surface area (Å²) in [6.07, 6.45) is 3.01. The Kier molecular flexibility index (Phi) is 14.3. The molecule has 4 atom stereocenters. The number of hydrogen-bond donors (Lipinski definition) is 4. The van der Waals surface area contributed by atoms with Crippen molar-refractivity contribution < 1.29 is 38.7 Å². The van der Waals surface area contributed by atoms with E-state index in [2.05, 4.69) is 10.1 Å². The standard InChI is InChI=1S/C16H24N2O5P.C6H6O.C3H8O2/c1-11(2)22-16(19)12(3)18-24(20)21-10-13-7-8-15(23-13)14-6-4-5-9-17-14;7-6-4-2-1-3-5-6;1-3(2,4)5/h4-6,9,11-13,15H,7-8,10H2,1-3H3,(H,18,20);1-5,7H;4-5H,1-2H3/q+1;;/t12-,13?,15-;;/m1../s1. The molecule has 1 aliphatic rings. The van der Waals surface area contributed by atoms with E-state index in [4.69, 9.17) is 29.3 Å². The van der Waals surface area contributed by atoms with Gasteiger partial charge in [-0.2, -0.15) is 0 Å². The van der Waals surface area contributed by atoms with E-state index in [1.54, 1.807) is 51.2 Å². The molecule has 0 radical (unpaired) electrons. The van der Waals surface area contributed by atoms with Crippen molar-refractivity contribution in [2.75, 3.05) is 6.61 Å². The topological polar surface area (TPSA) is 147 Å². The predicted molar refractivity (Wildman–Crippen MR) is 135 cm³/mol. The maximum atomic E-state index is 11.9. The molecular formula is C25H38N2O8P+. The average Bonchev–Trinajstić information content (AvgIpc) is 3.27. The van der Waals surface area contributed by atoms with E-state index < -0.39 is 26.0 Å². The Bertz CT molecular complexity index is 888. The number of hydrogen-bond acceptors (Lipinski definition) is 9. The lowest BCUT2D eigenvalue weighted by molar-refractivity contribution is -0.149. The smallest absolute Gasteiger partial charge is 0.508 e. The minimum absolute atomic E-state index is 0.0504. The van der Waals surface area contributed by atoms with Gasteiger partial charge >= 0.3 is 14.1 Å². The molecule has 10 nitrogen and oxygen atoms in total.